The molecule has 0 saturated carbocycles. The van der Waals surface area contributed by atoms with Crippen LogP contribution < -0.4 is 4.74 Å². The Hall–Kier alpha value is -0.700. The van der Waals surface area contributed by atoms with Gasteiger partial charge in [-0.15, -0.1) is 0 Å². The van der Waals surface area contributed by atoms with Gasteiger partial charge in [0.05, 0.1) is 5.02 Å². The predicted octanol–water partition coefficient (Wildman–Crippen LogP) is 5.33. The van der Waals surface area contributed by atoms with Crippen LogP contribution in [0.2, 0.25) is 10.0 Å². The SMILES string of the molecule is Clc1ccccc1COc1cc(Br)ccc1Cl. The second kappa shape index (κ2) is 5.76. The monoisotopic (exact) mass is 330 g/mol. The van der Waals surface area contributed by atoms with E-state index in [1.165, 1.54) is 0 Å². The van der Waals surface area contributed by atoms with Crippen LogP contribution >= 0.6 is 39.1 Å². The number of ether oxygens (including phenoxy) is 1. The minimum absolute atomic E-state index is 0.399. The van der Waals surface area contributed by atoms with Crippen molar-refractivity contribution in [1.29, 1.82) is 0 Å². The van der Waals surface area contributed by atoms with Crippen LogP contribution in [-0.4, -0.2) is 0 Å². The second-order valence-corrected chi connectivity index (χ2v) is 5.18. The maximum absolute atomic E-state index is 6.04. The molecule has 4 heteroatoms. The van der Waals surface area contributed by atoms with Crippen molar-refractivity contribution < 1.29 is 4.74 Å². The Bertz CT molecular complexity index is 529. The highest BCUT2D eigenvalue weighted by Crippen LogP contribution is 2.29. The largest absolute Gasteiger partial charge is 0.487 e. The quantitative estimate of drug-likeness (QED) is 0.738. The Kier molecular flexibility index (Phi) is 4.32. The van der Waals surface area contributed by atoms with Crippen LogP contribution in [0.1, 0.15) is 5.56 Å². The van der Waals surface area contributed by atoms with Gasteiger partial charge < -0.3 is 4.74 Å². The number of halogens is 3. The lowest BCUT2D eigenvalue weighted by Gasteiger charge is -2.09. The zero-order valence-corrected chi connectivity index (χ0v) is 11.9. The maximum atomic E-state index is 6.04. The normalized spacial score (nSPS) is 10.3. The third-order valence-electron chi connectivity index (χ3n) is 2.23. The maximum Gasteiger partial charge on any atom is 0.139 e. The first-order valence-electron chi connectivity index (χ1n) is 4.98. The van der Waals surface area contributed by atoms with Gasteiger partial charge in [-0.05, 0) is 24.3 Å². The lowest BCUT2D eigenvalue weighted by molar-refractivity contribution is 0.306. The lowest BCUT2D eigenvalue weighted by Crippen LogP contribution is -1.96. The van der Waals surface area contributed by atoms with E-state index in [4.69, 9.17) is 27.9 Å². The molecule has 88 valence electrons. The van der Waals surface area contributed by atoms with Gasteiger partial charge in [0.15, 0.2) is 0 Å². The van der Waals surface area contributed by atoms with Gasteiger partial charge in [-0.2, -0.15) is 0 Å². The molecule has 0 aliphatic heterocycles. The Morgan fingerprint density at radius 1 is 1.00 bits per heavy atom. The standard InChI is InChI=1S/C13H9BrCl2O/c14-10-5-6-12(16)13(7-10)17-8-9-3-1-2-4-11(9)15/h1-7H,8H2. The van der Waals surface area contributed by atoms with Gasteiger partial charge in [0.1, 0.15) is 12.4 Å². The van der Waals surface area contributed by atoms with Gasteiger partial charge in [0.25, 0.3) is 0 Å². The van der Waals surface area contributed by atoms with E-state index >= 15 is 0 Å². The summed E-state index contributed by atoms with van der Waals surface area (Å²) < 4.78 is 6.57. The molecule has 0 heterocycles. The van der Waals surface area contributed by atoms with E-state index < -0.39 is 0 Å². The van der Waals surface area contributed by atoms with Gasteiger partial charge >= 0.3 is 0 Å². The molecule has 0 saturated heterocycles. The molecule has 17 heavy (non-hydrogen) atoms. The van der Waals surface area contributed by atoms with Crippen LogP contribution in [0.25, 0.3) is 0 Å². The molecule has 0 atom stereocenters. The van der Waals surface area contributed by atoms with Crippen molar-refractivity contribution in [2.24, 2.45) is 0 Å². The molecule has 0 bridgehead atoms. The molecular formula is C13H9BrCl2O. The fourth-order valence-corrected chi connectivity index (χ4v) is 2.06. The molecular weight excluding hydrogens is 323 g/mol. The summed E-state index contributed by atoms with van der Waals surface area (Å²) >= 11 is 15.4. The molecule has 0 amide bonds. The van der Waals surface area contributed by atoms with E-state index in [0.29, 0.717) is 22.4 Å². The van der Waals surface area contributed by atoms with Crippen molar-refractivity contribution in [3.63, 3.8) is 0 Å². The minimum atomic E-state index is 0.399. The second-order valence-electron chi connectivity index (χ2n) is 3.45. The Labute approximate surface area is 118 Å². The lowest BCUT2D eigenvalue weighted by atomic mass is 10.2. The van der Waals surface area contributed by atoms with E-state index in [2.05, 4.69) is 15.9 Å². The number of hydrogen-bond donors (Lipinski definition) is 0. The Balaban J connectivity index is 2.12. The summed E-state index contributed by atoms with van der Waals surface area (Å²) in [7, 11) is 0. The van der Waals surface area contributed by atoms with Crippen molar-refractivity contribution in [3.8, 4) is 5.75 Å². The van der Waals surface area contributed by atoms with Crippen molar-refractivity contribution in [1.82, 2.24) is 0 Å². The van der Waals surface area contributed by atoms with Crippen LogP contribution in [0.15, 0.2) is 46.9 Å². The molecule has 1 nitrogen and oxygen atoms in total. The molecule has 0 aromatic heterocycles. The third kappa shape index (κ3) is 3.38. The van der Waals surface area contributed by atoms with Gasteiger partial charge in [0, 0.05) is 15.1 Å². The van der Waals surface area contributed by atoms with Gasteiger partial charge in [-0.25, -0.2) is 0 Å². The predicted molar refractivity (Wildman–Crippen MR) is 74.9 cm³/mol. The first-order chi connectivity index (χ1) is 8.16. The van der Waals surface area contributed by atoms with Gasteiger partial charge in [-0.3, -0.25) is 0 Å². The summed E-state index contributed by atoms with van der Waals surface area (Å²) in [6.07, 6.45) is 0. The molecule has 0 spiro atoms. The van der Waals surface area contributed by atoms with E-state index in [1.807, 2.05) is 36.4 Å². The summed E-state index contributed by atoms with van der Waals surface area (Å²) in [5.41, 5.74) is 0.935. The smallest absolute Gasteiger partial charge is 0.139 e. The molecule has 0 fully saturated rings. The van der Waals surface area contributed by atoms with Crippen LogP contribution in [0.3, 0.4) is 0 Å². The average molecular weight is 332 g/mol. The minimum Gasteiger partial charge on any atom is -0.487 e. The first-order valence-corrected chi connectivity index (χ1v) is 6.53. The summed E-state index contributed by atoms with van der Waals surface area (Å²) in [4.78, 5) is 0. The number of rotatable bonds is 3. The Morgan fingerprint density at radius 3 is 2.53 bits per heavy atom. The molecule has 0 radical (unpaired) electrons. The molecule has 2 rings (SSSR count). The summed E-state index contributed by atoms with van der Waals surface area (Å²) in [6, 6.07) is 13.1. The summed E-state index contributed by atoms with van der Waals surface area (Å²) in [6.45, 7) is 0.399. The summed E-state index contributed by atoms with van der Waals surface area (Å²) in [5.74, 6) is 0.640. The highest BCUT2D eigenvalue weighted by molar-refractivity contribution is 9.10. The first kappa shape index (κ1) is 12.7. The Morgan fingerprint density at radius 2 is 1.76 bits per heavy atom. The molecule has 0 aliphatic carbocycles. The fraction of sp³-hybridized carbons (Fsp3) is 0.0769. The van der Waals surface area contributed by atoms with Gasteiger partial charge in [-0.1, -0.05) is 57.3 Å². The number of hydrogen-bond acceptors (Lipinski definition) is 1. The van der Waals surface area contributed by atoms with E-state index in [1.54, 1.807) is 6.07 Å². The van der Waals surface area contributed by atoms with Crippen LogP contribution in [-0.2, 0) is 6.61 Å². The zero-order valence-electron chi connectivity index (χ0n) is 8.79. The molecule has 0 aliphatic rings. The highest BCUT2D eigenvalue weighted by Gasteiger charge is 2.04. The zero-order chi connectivity index (χ0) is 12.3. The van der Waals surface area contributed by atoms with E-state index in [9.17, 15) is 0 Å². The highest BCUT2D eigenvalue weighted by atomic mass is 79.9. The van der Waals surface area contributed by atoms with Crippen molar-refractivity contribution in [2.75, 3.05) is 0 Å². The van der Waals surface area contributed by atoms with Crippen molar-refractivity contribution >= 4 is 39.1 Å². The van der Waals surface area contributed by atoms with Crippen molar-refractivity contribution in [2.45, 2.75) is 6.61 Å². The van der Waals surface area contributed by atoms with Crippen LogP contribution in [0, 0.1) is 0 Å². The fourth-order valence-electron chi connectivity index (χ4n) is 1.36. The third-order valence-corrected chi connectivity index (χ3v) is 3.41. The summed E-state index contributed by atoms with van der Waals surface area (Å²) in [5, 5.41) is 1.28. The molecule has 2 aromatic carbocycles. The van der Waals surface area contributed by atoms with Gasteiger partial charge in [0.2, 0.25) is 0 Å². The number of benzene rings is 2. The van der Waals surface area contributed by atoms with Crippen LogP contribution in [0.4, 0.5) is 0 Å². The van der Waals surface area contributed by atoms with E-state index in [-0.39, 0.29) is 0 Å². The van der Waals surface area contributed by atoms with E-state index in [0.717, 1.165) is 10.0 Å². The average Bonchev–Trinajstić information content (AvgIpc) is 2.32. The molecule has 0 N–H and O–H groups in total. The molecule has 2 aromatic rings. The topological polar surface area (TPSA) is 9.23 Å². The molecule has 0 unspecified atom stereocenters. The van der Waals surface area contributed by atoms with Crippen LogP contribution in [0.5, 0.6) is 5.75 Å². The van der Waals surface area contributed by atoms with Crippen molar-refractivity contribution in [3.05, 3.63) is 62.5 Å².